The maximum absolute atomic E-state index is 13.2. The Morgan fingerprint density at radius 3 is 2.53 bits per heavy atom. The van der Waals surface area contributed by atoms with E-state index in [0.29, 0.717) is 16.7 Å². The van der Waals surface area contributed by atoms with Gasteiger partial charge in [-0.1, -0.05) is 36.4 Å². The zero-order valence-corrected chi connectivity index (χ0v) is 16.9. The fourth-order valence-electron chi connectivity index (χ4n) is 3.21. The molecule has 0 saturated carbocycles. The predicted molar refractivity (Wildman–Crippen MR) is 111 cm³/mol. The molecule has 164 valence electrons. The van der Waals surface area contributed by atoms with Gasteiger partial charge < -0.3 is 13.9 Å². The number of carbonyl (C=O) groups excluding carboxylic acids is 1. The monoisotopic (exact) mass is 441 g/mol. The molecule has 0 saturated heterocycles. The quantitative estimate of drug-likeness (QED) is 0.334. The normalized spacial score (nSPS) is 12.5. The molecular weight excluding hydrogens is 423 g/mol. The Balaban J connectivity index is 1.75. The number of hydrogen-bond acceptors (Lipinski definition) is 5. The highest BCUT2D eigenvalue weighted by molar-refractivity contribution is 5.79. The molecule has 0 spiro atoms. The fraction of sp³-hybridized carbons (Fsp3) is 0.167. The minimum atomic E-state index is -4.56. The average Bonchev–Trinajstić information content (AvgIpc) is 3.21. The van der Waals surface area contributed by atoms with Gasteiger partial charge in [-0.05, 0) is 43.3 Å². The molecule has 3 aromatic carbocycles. The van der Waals surface area contributed by atoms with Gasteiger partial charge in [0.15, 0.2) is 5.58 Å². The molecule has 32 heavy (non-hydrogen) atoms. The molecule has 0 fully saturated rings. The highest BCUT2D eigenvalue weighted by Crippen LogP contribution is 2.36. The molecule has 1 atom stereocenters. The Labute approximate surface area is 181 Å². The van der Waals surface area contributed by atoms with Crippen LogP contribution in [0.2, 0.25) is 0 Å². The lowest BCUT2D eigenvalue weighted by molar-refractivity contribution is -0.152. The molecule has 0 bridgehead atoms. The van der Waals surface area contributed by atoms with Gasteiger partial charge in [0, 0.05) is 5.56 Å². The number of esters is 1. The molecular formula is C24H18F3NO4. The number of para-hydroxylation sites is 3. The van der Waals surface area contributed by atoms with Crippen molar-refractivity contribution in [2.75, 3.05) is 6.61 Å². The number of alkyl halides is 3. The van der Waals surface area contributed by atoms with E-state index >= 15 is 0 Å². The van der Waals surface area contributed by atoms with E-state index in [1.165, 1.54) is 12.1 Å². The molecule has 8 heteroatoms. The number of aromatic nitrogens is 1. The topological polar surface area (TPSA) is 61.6 Å². The van der Waals surface area contributed by atoms with Crippen molar-refractivity contribution in [1.82, 2.24) is 4.98 Å². The summed E-state index contributed by atoms with van der Waals surface area (Å²) in [6.07, 6.45) is -5.98. The van der Waals surface area contributed by atoms with Crippen molar-refractivity contribution < 1.29 is 31.9 Å². The number of ether oxygens (including phenoxy) is 2. The van der Waals surface area contributed by atoms with E-state index in [-0.39, 0.29) is 23.8 Å². The molecule has 1 aromatic heterocycles. The first kappa shape index (κ1) is 21.4. The lowest BCUT2D eigenvalue weighted by atomic mass is 10.1. The number of hydrogen-bond donors (Lipinski definition) is 0. The summed E-state index contributed by atoms with van der Waals surface area (Å²) >= 11 is 0. The average molecular weight is 441 g/mol. The van der Waals surface area contributed by atoms with Gasteiger partial charge in [0.25, 0.3) is 0 Å². The molecule has 0 N–H and O–H groups in total. The lowest BCUT2D eigenvalue weighted by Crippen LogP contribution is -2.22. The van der Waals surface area contributed by atoms with Crippen molar-refractivity contribution in [2.45, 2.75) is 19.2 Å². The van der Waals surface area contributed by atoms with Gasteiger partial charge >= 0.3 is 12.1 Å². The van der Waals surface area contributed by atoms with Gasteiger partial charge in [-0.3, -0.25) is 0 Å². The number of fused-ring (bicyclic) bond motifs is 1. The number of oxazole rings is 1. The smallest absolute Gasteiger partial charge is 0.416 e. The van der Waals surface area contributed by atoms with Crippen molar-refractivity contribution in [3.8, 4) is 17.2 Å². The van der Waals surface area contributed by atoms with Crippen molar-refractivity contribution in [1.29, 1.82) is 0 Å². The lowest BCUT2D eigenvalue weighted by Gasteiger charge is -2.20. The number of carbonyl (C=O) groups is 1. The Bertz CT molecular complexity index is 1220. The minimum Gasteiger partial charge on any atom is -0.473 e. The predicted octanol–water partition coefficient (Wildman–Crippen LogP) is 6.20. The van der Waals surface area contributed by atoms with Gasteiger partial charge in [-0.25, -0.2) is 9.78 Å². The van der Waals surface area contributed by atoms with Crippen LogP contribution in [0, 0.1) is 0 Å². The van der Waals surface area contributed by atoms with Crippen LogP contribution in [0.1, 0.15) is 24.2 Å². The molecule has 0 radical (unpaired) electrons. The maximum atomic E-state index is 13.2. The number of benzene rings is 3. The first-order valence-corrected chi connectivity index (χ1v) is 9.82. The fourth-order valence-corrected chi connectivity index (χ4v) is 3.21. The van der Waals surface area contributed by atoms with Crippen LogP contribution in [0.5, 0.6) is 5.75 Å². The summed E-state index contributed by atoms with van der Waals surface area (Å²) in [7, 11) is 0. The summed E-state index contributed by atoms with van der Waals surface area (Å²) in [4.78, 5) is 17.1. The standard InChI is InChI=1S/C24H18F3NO4/c1-2-30-23(29)21(15-8-7-9-16(14-15)24(25,26)27)31-19-12-5-3-10-17(19)22-28-18-11-4-6-13-20(18)32-22/h3-14,21H,2H2,1H3. The van der Waals surface area contributed by atoms with E-state index in [0.717, 1.165) is 12.1 Å². The van der Waals surface area contributed by atoms with E-state index in [4.69, 9.17) is 13.9 Å². The van der Waals surface area contributed by atoms with Crippen LogP contribution in [0.3, 0.4) is 0 Å². The van der Waals surface area contributed by atoms with Crippen LogP contribution in [-0.4, -0.2) is 17.6 Å². The zero-order valence-electron chi connectivity index (χ0n) is 16.9. The highest BCUT2D eigenvalue weighted by atomic mass is 19.4. The largest absolute Gasteiger partial charge is 0.473 e. The van der Waals surface area contributed by atoms with E-state index in [1.54, 1.807) is 43.3 Å². The van der Waals surface area contributed by atoms with Crippen LogP contribution in [0.4, 0.5) is 13.2 Å². The van der Waals surface area contributed by atoms with Gasteiger partial charge in [0.1, 0.15) is 11.3 Å². The van der Waals surface area contributed by atoms with Gasteiger partial charge in [0.05, 0.1) is 17.7 Å². The number of nitrogens with zero attached hydrogens (tertiary/aromatic N) is 1. The molecule has 0 aliphatic rings. The van der Waals surface area contributed by atoms with Gasteiger partial charge in [-0.2, -0.15) is 13.2 Å². The number of rotatable bonds is 6. The SMILES string of the molecule is CCOC(=O)C(Oc1ccccc1-c1nc2ccccc2o1)c1cccc(C(F)(F)F)c1. The van der Waals surface area contributed by atoms with E-state index in [9.17, 15) is 18.0 Å². The third kappa shape index (κ3) is 4.44. The first-order valence-electron chi connectivity index (χ1n) is 9.82. The zero-order chi connectivity index (χ0) is 22.7. The molecule has 0 aliphatic carbocycles. The van der Waals surface area contributed by atoms with E-state index in [2.05, 4.69) is 4.98 Å². The second-order valence-corrected chi connectivity index (χ2v) is 6.86. The summed E-state index contributed by atoms with van der Waals surface area (Å²) in [5.41, 5.74) is 0.782. The molecule has 0 amide bonds. The Hall–Kier alpha value is -3.81. The Morgan fingerprint density at radius 2 is 1.78 bits per heavy atom. The Kier molecular flexibility index (Phi) is 5.85. The molecule has 4 aromatic rings. The highest BCUT2D eigenvalue weighted by Gasteiger charge is 2.33. The van der Waals surface area contributed by atoms with Crippen LogP contribution in [0.25, 0.3) is 22.6 Å². The summed E-state index contributed by atoms with van der Waals surface area (Å²) in [6, 6.07) is 18.3. The minimum absolute atomic E-state index is 0.0191. The summed E-state index contributed by atoms with van der Waals surface area (Å²) in [6.45, 7) is 1.65. The van der Waals surface area contributed by atoms with Crippen LogP contribution in [0.15, 0.2) is 77.2 Å². The summed E-state index contributed by atoms with van der Waals surface area (Å²) in [5, 5.41) is 0. The second kappa shape index (κ2) is 8.74. The number of halogens is 3. The van der Waals surface area contributed by atoms with Crippen molar-refractivity contribution in [3.05, 3.63) is 83.9 Å². The molecule has 1 heterocycles. The van der Waals surface area contributed by atoms with Crippen LogP contribution >= 0.6 is 0 Å². The summed E-state index contributed by atoms with van der Waals surface area (Å²) in [5.74, 6) is -0.331. The third-order valence-electron chi connectivity index (χ3n) is 4.67. The second-order valence-electron chi connectivity index (χ2n) is 6.86. The third-order valence-corrected chi connectivity index (χ3v) is 4.67. The van der Waals surface area contributed by atoms with Gasteiger partial charge in [-0.15, -0.1) is 0 Å². The molecule has 4 rings (SSSR count). The van der Waals surface area contributed by atoms with Crippen molar-refractivity contribution in [2.24, 2.45) is 0 Å². The van der Waals surface area contributed by atoms with E-state index < -0.39 is 23.8 Å². The first-order chi connectivity index (χ1) is 15.4. The molecule has 5 nitrogen and oxygen atoms in total. The molecule has 1 unspecified atom stereocenters. The maximum Gasteiger partial charge on any atom is 0.416 e. The molecule has 0 aliphatic heterocycles. The Morgan fingerprint density at radius 1 is 1.03 bits per heavy atom. The van der Waals surface area contributed by atoms with Gasteiger partial charge in [0.2, 0.25) is 12.0 Å². The summed E-state index contributed by atoms with van der Waals surface area (Å²) < 4.78 is 56.4. The van der Waals surface area contributed by atoms with Crippen molar-refractivity contribution >= 4 is 17.1 Å². The van der Waals surface area contributed by atoms with Crippen LogP contribution < -0.4 is 4.74 Å². The van der Waals surface area contributed by atoms with Crippen LogP contribution in [-0.2, 0) is 15.7 Å². The van der Waals surface area contributed by atoms with Crippen molar-refractivity contribution in [3.63, 3.8) is 0 Å². The van der Waals surface area contributed by atoms with E-state index in [1.807, 2.05) is 12.1 Å².